The maximum Gasteiger partial charge on any atom is 0.0206 e. The molecule has 1 N–H and O–H groups in total. The number of hydrogen-bond donors (Lipinski definition) is 1. The number of rotatable bonds is 5. The highest BCUT2D eigenvalue weighted by Crippen LogP contribution is 2.26. The molecule has 0 spiro atoms. The summed E-state index contributed by atoms with van der Waals surface area (Å²) in [6.45, 7) is 6.50. The molecule has 1 nitrogen and oxygen atoms in total. The summed E-state index contributed by atoms with van der Waals surface area (Å²) >= 11 is 1.84. The number of nitrogens with one attached hydrogen (secondary N) is 1. The van der Waals surface area contributed by atoms with Crippen LogP contribution in [-0.4, -0.2) is 6.54 Å². The highest BCUT2D eigenvalue weighted by molar-refractivity contribution is 7.10. The molecule has 1 aromatic heterocycles. The first-order valence-corrected chi connectivity index (χ1v) is 8.25. The second-order valence-electron chi connectivity index (χ2n) is 6.15. The molecule has 3 aromatic rings. The van der Waals surface area contributed by atoms with Crippen molar-refractivity contribution in [2.45, 2.75) is 25.8 Å². The van der Waals surface area contributed by atoms with Gasteiger partial charge in [-0.3, -0.25) is 0 Å². The first-order chi connectivity index (χ1) is 10.1. The van der Waals surface area contributed by atoms with Crippen LogP contribution >= 0.6 is 11.3 Å². The molecular formula is C19H21NS. The van der Waals surface area contributed by atoms with Crippen LogP contribution in [-0.2, 0) is 12.0 Å². The molecule has 0 aliphatic heterocycles. The van der Waals surface area contributed by atoms with Gasteiger partial charge in [0.05, 0.1) is 0 Å². The van der Waals surface area contributed by atoms with Crippen molar-refractivity contribution in [2.75, 3.05) is 6.54 Å². The highest BCUT2D eigenvalue weighted by atomic mass is 32.1. The lowest BCUT2D eigenvalue weighted by Crippen LogP contribution is -2.31. The van der Waals surface area contributed by atoms with Crippen LogP contribution in [0.3, 0.4) is 0 Å². The maximum atomic E-state index is 3.60. The summed E-state index contributed by atoms with van der Waals surface area (Å²) in [5, 5.41) is 8.37. The second-order valence-corrected chi connectivity index (χ2v) is 7.09. The van der Waals surface area contributed by atoms with Crippen LogP contribution in [0.5, 0.6) is 0 Å². The molecule has 0 unspecified atom stereocenters. The Hall–Kier alpha value is -1.64. The topological polar surface area (TPSA) is 12.0 Å². The Morgan fingerprint density at radius 1 is 0.952 bits per heavy atom. The monoisotopic (exact) mass is 295 g/mol. The van der Waals surface area contributed by atoms with Crippen LogP contribution in [0.15, 0.2) is 60.0 Å². The van der Waals surface area contributed by atoms with E-state index in [2.05, 4.69) is 79.1 Å². The molecule has 0 aliphatic carbocycles. The largest absolute Gasteiger partial charge is 0.312 e. The van der Waals surface area contributed by atoms with Crippen LogP contribution in [0, 0.1) is 0 Å². The van der Waals surface area contributed by atoms with E-state index >= 15 is 0 Å². The summed E-state index contributed by atoms with van der Waals surface area (Å²) in [6.07, 6.45) is 0. The van der Waals surface area contributed by atoms with Crippen LogP contribution in [0.1, 0.15) is 24.3 Å². The molecule has 2 aromatic carbocycles. The predicted molar refractivity (Wildman–Crippen MR) is 93.0 cm³/mol. The fourth-order valence-electron chi connectivity index (χ4n) is 2.62. The SMILES string of the molecule is CC(C)(CNCc1ccc2ccccc2c1)c1cccs1. The van der Waals surface area contributed by atoms with Gasteiger partial charge in [-0.05, 0) is 33.8 Å². The molecule has 0 atom stereocenters. The zero-order valence-corrected chi connectivity index (χ0v) is 13.4. The number of fused-ring (bicyclic) bond motifs is 1. The smallest absolute Gasteiger partial charge is 0.0206 e. The lowest BCUT2D eigenvalue weighted by molar-refractivity contribution is 0.477. The van der Waals surface area contributed by atoms with Crippen molar-refractivity contribution in [1.29, 1.82) is 0 Å². The van der Waals surface area contributed by atoms with Gasteiger partial charge in [0.15, 0.2) is 0 Å². The highest BCUT2D eigenvalue weighted by Gasteiger charge is 2.20. The molecule has 0 aliphatic rings. The van der Waals surface area contributed by atoms with E-state index in [1.807, 2.05) is 11.3 Å². The quantitative estimate of drug-likeness (QED) is 0.701. The van der Waals surface area contributed by atoms with Gasteiger partial charge >= 0.3 is 0 Å². The fraction of sp³-hybridized carbons (Fsp3) is 0.263. The molecule has 0 saturated heterocycles. The van der Waals surface area contributed by atoms with Crippen LogP contribution in [0.4, 0.5) is 0 Å². The minimum absolute atomic E-state index is 0.186. The Bertz CT molecular complexity index is 713. The van der Waals surface area contributed by atoms with E-state index in [0.717, 1.165) is 13.1 Å². The van der Waals surface area contributed by atoms with Gasteiger partial charge in [0.25, 0.3) is 0 Å². The molecule has 2 heteroatoms. The third-order valence-corrected chi connectivity index (χ3v) is 5.13. The van der Waals surface area contributed by atoms with Crippen molar-refractivity contribution in [1.82, 2.24) is 5.32 Å². The minimum Gasteiger partial charge on any atom is -0.312 e. The van der Waals surface area contributed by atoms with Gasteiger partial charge in [-0.15, -0.1) is 11.3 Å². The summed E-state index contributed by atoms with van der Waals surface area (Å²) in [6, 6.07) is 19.6. The van der Waals surface area contributed by atoms with Gasteiger partial charge in [-0.25, -0.2) is 0 Å². The molecule has 1 heterocycles. The van der Waals surface area contributed by atoms with Crippen molar-refractivity contribution >= 4 is 22.1 Å². The van der Waals surface area contributed by atoms with E-state index < -0.39 is 0 Å². The second kappa shape index (κ2) is 6.00. The third kappa shape index (κ3) is 3.34. The van der Waals surface area contributed by atoms with Crippen molar-refractivity contribution in [2.24, 2.45) is 0 Å². The fourth-order valence-corrected chi connectivity index (χ4v) is 3.47. The third-order valence-electron chi connectivity index (χ3n) is 3.90. The molecule has 0 fully saturated rings. The minimum atomic E-state index is 0.186. The zero-order valence-electron chi connectivity index (χ0n) is 12.6. The first-order valence-electron chi connectivity index (χ1n) is 7.37. The van der Waals surface area contributed by atoms with E-state index in [1.54, 1.807) is 0 Å². The van der Waals surface area contributed by atoms with E-state index in [0.29, 0.717) is 0 Å². The van der Waals surface area contributed by atoms with E-state index in [4.69, 9.17) is 0 Å². The van der Waals surface area contributed by atoms with Gasteiger partial charge in [0.2, 0.25) is 0 Å². The molecule has 0 bridgehead atoms. The lowest BCUT2D eigenvalue weighted by Gasteiger charge is -2.23. The average molecular weight is 295 g/mol. The summed E-state index contributed by atoms with van der Waals surface area (Å²) < 4.78 is 0. The van der Waals surface area contributed by atoms with Gasteiger partial charge in [0.1, 0.15) is 0 Å². The number of benzene rings is 2. The molecule has 0 radical (unpaired) electrons. The van der Waals surface area contributed by atoms with E-state index in [-0.39, 0.29) is 5.41 Å². The van der Waals surface area contributed by atoms with E-state index in [1.165, 1.54) is 21.2 Å². The Labute approximate surface area is 130 Å². The summed E-state index contributed by atoms with van der Waals surface area (Å²) in [7, 11) is 0. The molecule has 108 valence electrons. The average Bonchev–Trinajstić information content (AvgIpc) is 3.02. The molecular weight excluding hydrogens is 274 g/mol. The molecule has 0 amide bonds. The molecule has 3 rings (SSSR count). The van der Waals surface area contributed by atoms with Gasteiger partial charge < -0.3 is 5.32 Å². The summed E-state index contributed by atoms with van der Waals surface area (Å²) in [5.41, 5.74) is 1.53. The van der Waals surface area contributed by atoms with Gasteiger partial charge in [0, 0.05) is 23.4 Å². The Balaban J connectivity index is 1.64. The van der Waals surface area contributed by atoms with Crippen molar-refractivity contribution < 1.29 is 0 Å². The van der Waals surface area contributed by atoms with Crippen LogP contribution in [0.2, 0.25) is 0 Å². The van der Waals surface area contributed by atoms with Crippen LogP contribution in [0.25, 0.3) is 10.8 Å². The molecule has 21 heavy (non-hydrogen) atoms. The van der Waals surface area contributed by atoms with Gasteiger partial charge in [-0.2, -0.15) is 0 Å². The lowest BCUT2D eigenvalue weighted by atomic mass is 9.91. The van der Waals surface area contributed by atoms with Crippen molar-refractivity contribution in [3.05, 3.63) is 70.4 Å². The Kier molecular flexibility index (Phi) is 4.09. The zero-order chi connectivity index (χ0) is 14.7. The normalized spacial score (nSPS) is 11.9. The van der Waals surface area contributed by atoms with Crippen molar-refractivity contribution in [3.63, 3.8) is 0 Å². The van der Waals surface area contributed by atoms with Crippen molar-refractivity contribution in [3.8, 4) is 0 Å². The first kappa shape index (κ1) is 14.3. The summed E-state index contributed by atoms with van der Waals surface area (Å²) in [4.78, 5) is 1.44. The standard InChI is InChI=1S/C19H21NS/c1-19(2,18-8-5-11-21-18)14-20-13-15-9-10-16-6-3-4-7-17(16)12-15/h3-12,20H,13-14H2,1-2H3. The maximum absolute atomic E-state index is 3.60. The van der Waals surface area contributed by atoms with E-state index in [9.17, 15) is 0 Å². The Morgan fingerprint density at radius 2 is 1.76 bits per heavy atom. The van der Waals surface area contributed by atoms with Crippen LogP contribution < -0.4 is 5.32 Å². The molecule has 0 saturated carbocycles. The number of hydrogen-bond acceptors (Lipinski definition) is 2. The van der Waals surface area contributed by atoms with Gasteiger partial charge in [-0.1, -0.05) is 56.3 Å². The Morgan fingerprint density at radius 3 is 2.52 bits per heavy atom. The predicted octanol–water partition coefficient (Wildman–Crippen LogP) is 4.97. The number of thiophene rings is 1. The summed E-state index contributed by atoms with van der Waals surface area (Å²) in [5.74, 6) is 0.